The van der Waals surface area contributed by atoms with Crippen LogP contribution in [0.25, 0.3) is 0 Å². The lowest BCUT2D eigenvalue weighted by molar-refractivity contribution is 0.0576. The number of hydrogen-bond donors (Lipinski definition) is 1. The molecule has 2 N–H and O–H groups in total. The van der Waals surface area contributed by atoms with E-state index in [2.05, 4.69) is 16.9 Å². The topological polar surface area (TPSA) is 51.4 Å². The van der Waals surface area contributed by atoms with Gasteiger partial charge >= 0.3 is 0 Å². The van der Waals surface area contributed by atoms with E-state index in [0.717, 1.165) is 25.4 Å². The molecule has 1 unspecified atom stereocenters. The third-order valence-electron chi connectivity index (χ3n) is 2.97. The van der Waals surface area contributed by atoms with Gasteiger partial charge in [-0.15, -0.1) is 0 Å². The first-order valence-electron chi connectivity index (χ1n) is 5.75. The Morgan fingerprint density at radius 3 is 3.12 bits per heavy atom. The number of ether oxygens (including phenoxy) is 1. The lowest BCUT2D eigenvalue weighted by Gasteiger charge is -2.28. The average molecular weight is 221 g/mol. The van der Waals surface area contributed by atoms with Gasteiger partial charge in [0, 0.05) is 26.4 Å². The number of nitrogen functional groups attached to an aromatic ring is 1. The van der Waals surface area contributed by atoms with Gasteiger partial charge in [0.15, 0.2) is 0 Å². The summed E-state index contributed by atoms with van der Waals surface area (Å²) < 4.78 is 5.48. The van der Waals surface area contributed by atoms with Crippen molar-refractivity contribution in [2.24, 2.45) is 5.92 Å². The fourth-order valence-corrected chi connectivity index (χ4v) is 2.10. The summed E-state index contributed by atoms with van der Waals surface area (Å²) in [6, 6.07) is 1.96. The summed E-state index contributed by atoms with van der Waals surface area (Å²) >= 11 is 0. The van der Waals surface area contributed by atoms with Gasteiger partial charge in [0.1, 0.15) is 0 Å². The van der Waals surface area contributed by atoms with E-state index in [1.54, 1.807) is 6.20 Å². The van der Waals surface area contributed by atoms with Gasteiger partial charge in [0.25, 0.3) is 0 Å². The first-order chi connectivity index (χ1) is 7.75. The van der Waals surface area contributed by atoms with Crippen molar-refractivity contribution >= 4 is 11.4 Å². The fourth-order valence-electron chi connectivity index (χ4n) is 2.10. The van der Waals surface area contributed by atoms with Crippen LogP contribution in [0.3, 0.4) is 0 Å². The second-order valence-electron chi connectivity index (χ2n) is 4.44. The van der Waals surface area contributed by atoms with Crippen molar-refractivity contribution < 1.29 is 4.74 Å². The summed E-state index contributed by atoms with van der Waals surface area (Å²) in [5.41, 5.74) is 7.50. The normalized spacial score (nSPS) is 20.7. The van der Waals surface area contributed by atoms with Gasteiger partial charge in [-0.05, 0) is 24.8 Å². The molecule has 0 saturated carbocycles. The Labute approximate surface area is 96.4 Å². The van der Waals surface area contributed by atoms with Gasteiger partial charge in [-0.2, -0.15) is 0 Å². The third-order valence-corrected chi connectivity index (χ3v) is 2.97. The van der Waals surface area contributed by atoms with E-state index < -0.39 is 0 Å². The highest BCUT2D eigenvalue weighted by molar-refractivity contribution is 5.52. The van der Waals surface area contributed by atoms with Crippen molar-refractivity contribution in [2.45, 2.75) is 12.8 Å². The maximum absolute atomic E-state index is 5.72. The van der Waals surface area contributed by atoms with E-state index in [-0.39, 0.29) is 0 Å². The molecule has 1 aliphatic rings. The minimum absolute atomic E-state index is 0.625. The summed E-state index contributed by atoms with van der Waals surface area (Å²) in [6.45, 7) is 2.80. The second-order valence-corrected chi connectivity index (χ2v) is 4.44. The Hall–Kier alpha value is -1.29. The molecule has 0 aromatic carbocycles. The molecule has 4 nitrogen and oxygen atoms in total. The molecule has 0 bridgehead atoms. The molecule has 1 fully saturated rings. The average Bonchev–Trinajstić information content (AvgIpc) is 2.30. The van der Waals surface area contributed by atoms with Crippen LogP contribution in [0.1, 0.15) is 12.8 Å². The second kappa shape index (κ2) is 5.16. The zero-order valence-corrected chi connectivity index (χ0v) is 9.72. The Bertz CT molecular complexity index is 337. The molecule has 2 rings (SSSR count). The molecule has 2 heterocycles. The van der Waals surface area contributed by atoms with Crippen molar-refractivity contribution in [1.29, 1.82) is 0 Å². The Morgan fingerprint density at radius 1 is 1.56 bits per heavy atom. The van der Waals surface area contributed by atoms with Crippen LogP contribution < -0.4 is 10.6 Å². The van der Waals surface area contributed by atoms with Crippen molar-refractivity contribution in [1.82, 2.24) is 4.98 Å². The fraction of sp³-hybridized carbons (Fsp3) is 0.583. The van der Waals surface area contributed by atoms with Crippen LogP contribution >= 0.6 is 0 Å². The standard InChI is InChI=1S/C12H19N3O/c1-15(8-10-3-2-4-16-9-10)12-5-11(13)6-14-7-12/h5-7,10H,2-4,8-9,13H2,1H3. The van der Waals surface area contributed by atoms with E-state index in [9.17, 15) is 0 Å². The highest BCUT2D eigenvalue weighted by Gasteiger charge is 2.16. The SMILES string of the molecule is CN(CC1CCCOC1)c1cncc(N)c1. The molecule has 0 aliphatic carbocycles. The van der Waals surface area contributed by atoms with Crippen LogP contribution in [0.2, 0.25) is 0 Å². The Kier molecular flexibility index (Phi) is 3.62. The first-order valence-corrected chi connectivity index (χ1v) is 5.75. The lowest BCUT2D eigenvalue weighted by Crippen LogP contribution is -2.30. The van der Waals surface area contributed by atoms with E-state index in [1.807, 2.05) is 12.3 Å². The van der Waals surface area contributed by atoms with Crippen molar-refractivity contribution in [3.63, 3.8) is 0 Å². The molecule has 1 aromatic heterocycles. The van der Waals surface area contributed by atoms with E-state index >= 15 is 0 Å². The van der Waals surface area contributed by atoms with E-state index in [1.165, 1.54) is 12.8 Å². The smallest absolute Gasteiger partial charge is 0.0570 e. The molecule has 16 heavy (non-hydrogen) atoms. The van der Waals surface area contributed by atoms with Crippen LogP contribution in [0.5, 0.6) is 0 Å². The first kappa shape index (κ1) is 11.2. The van der Waals surface area contributed by atoms with Gasteiger partial charge < -0.3 is 15.4 Å². The molecule has 1 saturated heterocycles. The summed E-state index contributed by atoms with van der Waals surface area (Å²) in [5.74, 6) is 0.625. The van der Waals surface area contributed by atoms with Gasteiger partial charge in [-0.1, -0.05) is 0 Å². The highest BCUT2D eigenvalue weighted by atomic mass is 16.5. The summed E-state index contributed by atoms with van der Waals surface area (Å²) in [6.07, 6.45) is 5.94. The van der Waals surface area contributed by atoms with Crippen molar-refractivity contribution in [3.05, 3.63) is 18.5 Å². The van der Waals surface area contributed by atoms with Gasteiger partial charge in [-0.25, -0.2) is 0 Å². The quantitative estimate of drug-likeness (QED) is 0.841. The van der Waals surface area contributed by atoms with Gasteiger partial charge in [0.2, 0.25) is 0 Å². The number of hydrogen-bond acceptors (Lipinski definition) is 4. The van der Waals surface area contributed by atoms with Crippen LogP contribution in [-0.2, 0) is 4.74 Å². The summed E-state index contributed by atoms with van der Waals surface area (Å²) in [4.78, 5) is 6.30. The van der Waals surface area contributed by atoms with Gasteiger partial charge in [-0.3, -0.25) is 4.98 Å². The third kappa shape index (κ3) is 2.85. The number of anilines is 2. The molecular weight excluding hydrogens is 202 g/mol. The van der Waals surface area contributed by atoms with Crippen LogP contribution in [-0.4, -0.2) is 31.8 Å². The molecule has 4 heteroatoms. The molecule has 0 amide bonds. The Morgan fingerprint density at radius 2 is 2.44 bits per heavy atom. The molecule has 88 valence electrons. The maximum atomic E-state index is 5.72. The minimum atomic E-state index is 0.625. The number of aromatic nitrogens is 1. The molecule has 0 spiro atoms. The van der Waals surface area contributed by atoms with Crippen LogP contribution in [0.15, 0.2) is 18.5 Å². The maximum Gasteiger partial charge on any atom is 0.0570 e. The number of nitrogens with zero attached hydrogens (tertiary/aromatic N) is 2. The van der Waals surface area contributed by atoms with Gasteiger partial charge in [0.05, 0.1) is 24.2 Å². The molecule has 1 atom stereocenters. The van der Waals surface area contributed by atoms with Crippen molar-refractivity contribution in [2.75, 3.05) is 37.4 Å². The van der Waals surface area contributed by atoms with Crippen LogP contribution in [0.4, 0.5) is 11.4 Å². The monoisotopic (exact) mass is 221 g/mol. The van der Waals surface area contributed by atoms with E-state index in [0.29, 0.717) is 11.6 Å². The summed E-state index contributed by atoms with van der Waals surface area (Å²) in [5, 5.41) is 0. The highest BCUT2D eigenvalue weighted by Crippen LogP contribution is 2.19. The number of pyridine rings is 1. The molecule has 1 aromatic rings. The predicted molar refractivity (Wildman–Crippen MR) is 65.5 cm³/mol. The molecule has 0 radical (unpaired) electrons. The Balaban J connectivity index is 1.94. The lowest BCUT2D eigenvalue weighted by atomic mass is 10.0. The van der Waals surface area contributed by atoms with Crippen molar-refractivity contribution in [3.8, 4) is 0 Å². The summed E-state index contributed by atoms with van der Waals surface area (Å²) in [7, 11) is 2.07. The number of rotatable bonds is 3. The zero-order chi connectivity index (χ0) is 11.4. The van der Waals surface area contributed by atoms with Crippen LogP contribution in [0, 0.1) is 5.92 Å². The van der Waals surface area contributed by atoms with E-state index in [4.69, 9.17) is 10.5 Å². The minimum Gasteiger partial charge on any atom is -0.397 e. The number of nitrogens with two attached hydrogens (primary N) is 1. The molecular formula is C12H19N3O. The molecule has 1 aliphatic heterocycles. The zero-order valence-electron chi connectivity index (χ0n) is 9.72. The largest absolute Gasteiger partial charge is 0.397 e. The predicted octanol–water partition coefficient (Wildman–Crippen LogP) is 1.53.